The molecule has 4 unspecified atom stereocenters. The number of benzene rings is 2. The van der Waals surface area contributed by atoms with E-state index in [2.05, 4.69) is 6.58 Å². The summed E-state index contributed by atoms with van der Waals surface area (Å²) in [6, 6.07) is 4.77. The largest absolute Gasteiger partial charge is 0.507 e. The Morgan fingerprint density at radius 3 is 2.03 bits per heavy atom. The summed E-state index contributed by atoms with van der Waals surface area (Å²) in [5, 5.41) is 39.6. The molecule has 1 fully saturated rings. The monoisotopic (exact) mass is 512 g/mol. The van der Waals surface area contributed by atoms with Crippen LogP contribution in [0.25, 0.3) is 0 Å². The molecule has 9 heteroatoms. The highest BCUT2D eigenvalue weighted by molar-refractivity contribution is 6.31. The van der Waals surface area contributed by atoms with Gasteiger partial charge in [0.25, 0.3) is 0 Å². The van der Waals surface area contributed by atoms with E-state index in [1.165, 1.54) is 19.1 Å². The molecule has 4 N–H and O–H groups in total. The maximum Gasteiger partial charge on any atom is 0.202 e. The third-order valence-electron chi connectivity index (χ3n) is 6.94. The summed E-state index contributed by atoms with van der Waals surface area (Å²) in [7, 11) is 1.42. The Kier molecular flexibility index (Phi) is 8.89. The highest BCUT2D eigenvalue weighted by atomic mass is 16.6. The topological polar surface area (TPSA) is 151 Å². The fourth-order valence-corrected chi connectivity index (χ4v) is 5.10. The molecule has 0 radical (unpaired) electrons. The van der Waals surface area contributed by atoms with Gasteiger partial charge in [-0.1, -0.05) is 19.1 Å². The van der Waals surface area contributed by atoms with E-state index in [4.69, 9.17) is 19.4 Å². The van der Waals surface area contributed by atoms with Gasteiger partial charge in [0.2, 0.25) is 5.78 Å². The third kappa shape index (κ3) is 5.31. The fourth-order valence-electron chi connectivity index (χ4n) is 5.10. The van der Waals surface area contributed by atoms with Crippen LogP contribution >= 0.6 is 0 Å². The van der Waals surface area contributed by atoms with E-state index in [1.54, 1.807) is 19.1 Å². The van der Waals surface area contributed by atoms with Gasteiger partial charge in [-0.3, -0.25) is 9.59 Å². The first-order chi connectivity index (χ1) is 17.6. The van der Waals surface area contributed by atoms with Crippen molar-refractivity contribution < 1.29 is 44.3 Å². The van der Waals surface area contributed by atoms with Crippen LogP contribution < -0.4 is 4.74 Å². The van der Waals surface area contributed by atoms with Gasteiger partial charge in [-0.25, -0.2) is 4.79 Å². The Morgan fingerprint density at radius 1 is 0.973 bits per heavy atom. The highest BCUT2D eigenvalue weighted by Crippen LogP contribution is 2.46. The van der Waals surface area contributed by atoms with Crippen molar-refractivity contribution in [2.45, 2.75) is 64.4 Å². The lowest BCUT2D eigenvalue weighted by Gasteiger charge is -2.33. The smallest absolute Gasteiger partial charge is 0.202 e. The first-order valence-electron chi connectivity index (χ1n) is 12.1. The van der Waals surface area contributed by atoms with Crippen LogP contribution in [0.2, 0.25) is 0 Å². The van der Waals surface area contributed by atoms with Gasteiger partial charge >= 0.3 is 0 Å². The number of fused-ring (bicyclic) bond motifs is 3. The number of phenolic OH excluding ortho intramolecular Hbond substituents is 2. The molecule has 2 aromatic rings. The van der Waals surface area contributed by atoms with Gasteiger partial charge < -0.3 is 29.9 Å². The summed E-state index contributed by atoms with van der Waals surface area (Å²) in [4.78, 5) is 34.5. The van der Waals surface area contributed by atoms with E-state index in [0.717, 1.165) is 12.8 Å². The number of aliphatic hydroxyl groups is 2. The molecule has 198 valence electrons. The van der Waals surface area contributed by atoms with Gasteiger partial charge in [0.05, 0.1) is 36.0 Å². The minimum atomic E-state index is -0.687. The summed E-state index contributed by atoms with van der Waals surface area (Å²) in [6.45, 7) is 6.36. The maximum atomic E-state index is 13.0. The van der Waals surface area contributed by atoms with E-state index < -0.39 is 24.0 Å². The highest BCUT2D eigenvalue weighted by Gasteiger charge is 2.39. The number of hydrogen-bond acceptors (Lipinski definition) is 9. The number of methoxy groups -OCH3 is 1. The first kappa shape index (κ1) is 28.1. The molecule has 1 heterocycles. The predicted octanol–water partition coefficient (Wildman–Crippen LogP) is 2.88. The Labute approximate surface area is 215 Å². The Bertz CT molecular complexity index is 1210. The van der Waals surface area contributed by atoms with Crippen LogP contribution in [0, 0.1) is 5.92 Å². The van der Waals surface area contributed by atoms with Crippen LogP contribution in [0.5, 0.6) is 17.2 Å². The predicted molar refractivity (Wildman–Crippen MR) is 134 cm³/mol. The van der Waals surface area contributed by atoms with Gasteiger partial charge in [-0.2, -0.15) is 0 Å². The number of rotatable bonds is 1. The number of carbonyl (C=O) groups excluding carboxylic acids is 3. The summed E-state index contributed by atoms with van der Waals surface area (Å²) in [5.41, 5.74) is 1.32. The van der Waals surface area contributed by atoms with Crippen molar-refractivity contribution in [3.05, 3.63) is 58.2 Å². The number of ether oxygens (including phenoxy) is 2. The summed E-state index contributed by atoms with van der Waals surface area (Å²) < 4.78 is 10.2. The second kappa shape index (κ2) is 11.7. The van der Waals surface area contributed by atoms with Crippen LogP contribution in [-0.2, 0) is 22.4 Å². The molecule has 5 rings (SSSR count). The molecule has 0 spiro atoms. The number of aliphatic hydroxyl groups excluding tert-OH is 2. The average molecular weight is 513 g/mol. The number of carbonyl (C=O) groups is 2. The summed E-state index contributed by atoms with van der Waals surface area (Å²) in [6.07, 6.45) is 2.12. The van der Waals surface area contributed by atoms with E-state index in [1.807, 2.05) is 6.92 Å². The molecular weight excluding hydrogens is 480 g/mol. The van der Waals surface area contributed by atoms with Gasteiger partial charge in [0, 0.05) is 23.1 Å². The van der Waals surface area contributed by atoms with Crippen molar-refractivity contribution in [1.82, 2.24) is 0 Å². The van der Waals surface area contributed by atoms with Crippen LogP contribution in [0.15, 0.2) is 24.8 Å². The molecule has 37 heavy (non-hydrogen) atoms. The minimum absolute atomic E-state index is 0.0843. The maximum absolute atomic E-state index is 13.0. The Hall–Kier alpha value is -3.49. The van der Waals surface area contributed by atoms with E-state index >= 15 is 0 Å². The molecule has 1 aliphatic heterocycles. The quantitative estimate of drug-likeness (QED) is 0.285. The zero-order chi connectivity index (χ0) is 27.4. The van der Waals surface area contributed by atoms with Crippen molar-refractivity contribution in [3.8, 4) is 17.2 Å². The van der Waals surface area contributed by atoms with E-state index in [-0.39, 0.29) is 51.5 Å². The lowest BCUT2D eigenvalue weighted by molar-refractivity contribution is -0.209. The van der Waals surface area contributed by atoms with Crippen LogP contribution in [0.3, 0.4) is 0 Å². The van der Waals surface area contributed by atoms with Crippen molar-refractivity contribution >= 4 is 17.5 Å². The molecular formula is C28H32O9. The standard InChI is InChI=1S/C19H16O5.C7H14O3.C2H2O/c1-24-12-8-4-7-11-13(12)19(23)15-14(18(11)22)16(20)9-5-2-3-6-10(9)17(15)21;1-4-3-6(8)10-5(2)7(4)9;1-2-3/h4,7-8,20-21H,2-3,5-6H2,1H3;4-9H,3H2,1-2H3;1H2. The zero-order valence-corrected chi connectivity index (χ0v) is 21.1. The lowest BCUT2D eigenvalue weighted by atomic mass is 9.77. The van der Waals surface area contributed by atoms with Crippen LogP contribution in [0.4, 0.5) is 0 Å². The summed E-state index contributed by atoms with van der Waals surface area (Å²) in [5.74, 6) is 0.390. The van der Waals surface area contributed by atoms with Gasteiger partial charge in [0.1, 0.15) is 23.2 Å². The number of aromatic hydroxyl groups is 2. The minimum Gasteiger partial charge on any atom is -0.507 e. The Balaban J connectivity index is 0.000000244. The zero-order valence-electron chi connectivity index (χ0n) is 21.1. The van der Waals surface area contributed by atoms with Crippen molar-refractivity contribution in [2.75, 3.05) is 7.11 Å². The molecule has 3 aliphatic rings. The van der Waals surface area contributed by atoms with Gasteiger partial charge in [0.15, 0.2) is 12.1 Å². The van der Waals surface area contributed by atoms with Gasteiger partial charge in [-0.15, -0.1) is 0 Å². The molecule has 0 bridgehead atoms. The second-order valence-corrected chi connectivity index (χ2v) is 9.30. The molecule has 2 aromatic carbocycles. The average Bonchev–Trinajstić information content (AvgIpc) is 2.88. The van der Waals surface area contributed by atoms with Crippen LogP contribution in [0.1, 0.15) is 76.1 Å². The SMILES string of the molecule is C=C=O.CC1CC(O)OC(C)C1O.COc1cccc2c1C(=O)c1c(O)c3c(c(O)c1C2=O)CCCC3. The molecule has 2 aliphatic carbocycles. The van der Waals surface area contributed by atoms with E-state index in [9.17, 15) is 24.9 Å². The molecule has 1 saturated heterocycles. The summed E-state index contributed by atoms with van der Waals surface area (Å²) >= 11 is 0. The van der Waals surface area contributed by atoms with Crippen molar-refractivity contribution in [1.29, 1.82) is 0 Å². The molecule has 0 aromatic heterocycles. The van der Waals surface area contributed by atoms with Gasteiger partial charge in [-0.05, 0) is 51.2 Å². The lowest BCUT2D eigenvalue weighted by Crippen LogP contribution is -2.42. The van der Waals surface area contributed by atoms with E-state index in [0.29, 0.717) is 30.4 Å². The molecule has 4 atom stereocenters. The molecule has 0 amide bonds. The number of phenols is 2. The second-order valence-electron chi connectivity index (χ2n) is 9.30. The van der Waals surface area contributed by atoms with Crippen molar-refractivity contribution in [3.63, 3.8) is 0 Å². The molecule has 0 saturated carbocycles. The fraction of sp³-hybridized carbons (Fsp3) is 0.429. The Morgan fingerprint density at radius 2 is 1.51 bits per heavy atom. The number of ketones is 2. The normalized spacial score (nSPS) is 23.6. The third-order valence-corrected chi connectivity index (χ3v) is 6.94. The van der Waals surface area contributed by atoms with Crippen LogP contribution in [-0.4, -0.2) is 63.5 Å². The number of hydrogen-bond donors (Lipinski definition) is 4. The molecule has 9 nitrogen and oxygen atoms in total. The first-order valence-corrected chi connectivity index (χ1v) is 12.1. The van der Waals surface area contributed by atoms with Crippen molar-refractivity contribution in [2.24, 2.45) is 5.92 Å².